The number of nitrogens with zero attached hydrogens (tertiary/aromatic N) is 4. The predicted molar refractivity (Wildman–Crippen MR) is 119 cm³/mol. The van der Waals surface area contributed by atoms with Gasteiger partial charge < -0.3 is 14.4 Å². The topological polar surface area (TPSA) is 93.2 Å². The molecule has 0 spiro atoms. The summed E-state index contributed by atoms with van der Waals surface area (Å²) in [5.74, 6) is 0.633. The van der Waals surface area contributed by atoms with E-state index in [2.05, 4.69) is 15.2 Å². The number of methoxy groups -OCH3 is 1. The van der Waals surface area contributed by atoms with E-state index in [1.54, 1.807) is 24.4 Å². The quantitative estimate of drug-likeness (QED) is 0.533. The van der Waals surface area contributed by atoms with Crippen LogP contribution in [0.25, 0.3) is 22.2 Å². The molecular formula is C24H23N5O3. The van der Waals surface area contributed by atoms with E-state index in [0.717, 1.165) is 33.5 Å². The zero-order chi connectivity index (χ0) is 22.1. The summed E-state index contributed by atoms with van der Waals surface area (Å²) in [6, 6.07) is 13.6. The fourth-order valence-corrected chi connectivity index (χ4v) is 3.91. The van der Waals surface area contributed by atoms with E-state index in [9.17, 15) is 4.79 Å². The Morgan fingerprint density at radius 2 is 2.12 bits per heavy atom. The third-order valence-corrected chi connectivity index (χ3v) is 5.62. The van der Waals surface area contributed by atoms with Crippen molar-refractivity contribution in [2.45, 2.75) is 13.0 Å². The van der Waals surface area contributed by atoms with Crippen molar-refractivity contribution in [3.05, 3.63) is 71.8 Å². The van der Waals surface area contributed by atoms with Gasteiger partial charge in [0.15, 0.2) is 5.69 Å². The lowest BCUT2D eigenvalue weighted by atomic mass is 10.1. The summed E-state index contributed by atoms with van der Waals surface area (Å²) < 4.78 is 11.3. The van der Waals surface area contributed by atoms with Crippen molar-refractivity contribution in [2.75, 3.05) is 26.8 Å². The summed E-state index contributed by atoms with van der Waals surface area (Å²) >= 11 is 0. The summed E-state index contributed by atoms with van der Waals surface area (Å²) in [6.07, 6.45) is 3.04. The van der Waals surface area contributed by atoms with Gasteiger partial charge in [0.1, 0.15) is 11.9 Å². The number of ether oxygens (including phenoxy) is 2. The molecule has 0 bridgehead atoms. The maximum Gasteiger partial charge on any atom is 0.275 e. The van der Waals surface area contributed by atoms with Crippen LogP contribution in [0.5, 0.6) is 5.75 Å². The van der Waals surface area contributed by atoms with E-state index < -0.39 is 0 Å². The van der Waals surface area contributed by atoms with Crippen molar-refractivity contribution in [2.24, 2.45) is 0 Å². The van der Waals surface area contributed by atoms with E-state index >= 15 is 0 Å². The van der Waals surface area contributed by atoms with Crippen LogP contribution in [-0.4, -0.2) is 57.8 Å². The molecule has 1 amide bonds. The summed E-state index contributed by atoms with van der Waals surface area (Å²) in [6.45, 7) is 3.30. The Morgan fingerprint density at radius 1 is 1.22 bits per heavy atom. The van der Waals surface area contributed by atoms with Gasteiger partial charge in [-0.25, -0.2) is 4.98 Å². The second-order valence-corrected chi connectivity index (χ2v) is 7.79. The first kappa shape index (κ1) is 20.1. The fourth-order valence-electron chi connectivity index (χ4n) is 3.91. The highest BCUT2D eigenvalue weighted by molar-refractivity contribution is 6.04. The van der Waals surface area contributed by atoms with Crippen LogP contribution in [-0.2, 0) is 4.74 Å². The van der Waals surface area contributed by atoms with Crippen molar-refractivity contribution < 1.29 is 14.3 Å². The van der Waals surface area contributed by atoms with Crippen molar-refractivity contribution >= 4 is 16.8 Å². The Labute approximate surface area is 185 Å². The highest BCUT2D eigenvalue weighted by atomic mass is 16.5. The maximum atomic E-state index is 13.3. The molecule has 3 heterocycles. The van der Waals surface area contributed by atoms with Gasteiger partial charge in [0.05, 0.1) is 49.6 Å². The number of aryl methyl sites for hydroxylation is 1. The molecule has 0 radical (unpaired) electrons. The lowest BCUT2D eigenvalue weighted by molar-refractivity contribution is -0.0249. The molecule has 1 aliphatic rings. The molecule has 1 atom stereocenters. The molecule has 32 heavy (non-hydrogen) atoms. The van der Waals surface area contributed by atoms with Crippen LogP contribution >= 0.6 is 0 Å². The zero-order valence-corrected chi connectivity index (χ0v) is 17.9. The van der Waals surface area contributed by atoms with Gasteiger partial charge in [-0.2, -0.15) is 5.10 Å². The summed E-state index contributed by atoms with van der Waals surface area (Å²) in [7, 11) is 1.63. The first-order chi connectivity index (χ1) is 15.6. The third kappa shape index (κ3) is 3.80. The Bertz CT molecular complexity index is 1290. The number of nitrogens with one attached hydrogen (secondary N) is 1. The number of rotatable bonds is 4. The van der Waals surface area contributed by atoms with E-state index in [-0.39, 0.29) is 12.0 Å². The molecule has 0 unspecified atom stereocenters. The molecule has 2 aromatic heterocycles. The van der Waals surface area contributed by atoms with Gasteiger partial charge in [0, 0.05) is 17.5 Å². The number of benzene rings is 2. The average molecular weight is 429 g/mol. The molecule has 2 aromatic carbocycles. The van der Waals surface area contributed by atoms with Crippen molar-refractivity contribution in [1.29, 1.82) is 0 Å². The fraction of sp³-hybridized carbons (Fsp3) is 0.250. The molecule has 0 aliphatic carbocycles. The Morgan fingerprint density at radius 3 is 3.00 bits per heavy atom. The summed E-state index contributed by atoms with van der Waals surface area (Å²) in [4.78, 5) is 24.1. The number of H-pyrrole nitrogens is 1. The van der Waals surface area contributed by atoms with Gasteiger partial charge in [-0.1, -0.05) is 23.8 Å². The van der Waals surface area contributed by atoms with Crippen LogP contribution in [0.1, 0.15) is 27.8 Å². The van der Waals surface area contributed by atoms with Crippen LogP contribution in [0, 0.1) is 6.92 Å². The molecule has 8 nitrogen and oxygen atoms in total. The molecule has 4 aromatic rings. The minimum atomic E-state index is -0.363. The molecule has 1 N–H and O–H groups in total. The Balaban J connectivity index is 1.39. The van der Waals surface area contributed by atoms with Gasteiger partial charge in [0.25, 0.3) is 5.91 Å². The molecule has 0 saturated carbocycles. The molecule has 8 heteroatoms. The smallest absolute Gasteiger partial charge is 0.275 e. The number of carbonyl (C=O) groups excluding carboxylic acids is 1. The summed E-state index contributed by atoms with van der Waals surface area (Å²) in [5.41, 5.74) is 4.67. The largest absolute Gasteiger partial charge is 0.497 e. The van der Waals surface area contributed by atoms with Crippen molar-refractivity contribution in [3.63, 3.8) is 0 Å². The number of aromatic nitrogens is 4. The van der Waals surface area contributed by atoms with Crippen LogP contribution in [0.3, 0.4) is 0 Å². The summed E-state index contributed by atoms with van der Waals surface area (Å²) in [5, 5.41) is 8.07. The van der Waals surface area contributed by atoms with E-state index in [1.807, 2.05) is 49.4 Å². The van der Waals surface area contributed by atoms with Crippen LogP contribution in [0.4, 0.5) is 0 Å². The van der Waals surface area contributed by atoms with E-state index in [0.29, 0.717) is 31.1 Å². The maximum absolute atomic E-state index is 13.3. The van der Waals surface area contributed by atoms with E-state index in [1.165, 1.54) is 0 Å². The number of hydrogen-bond acceptors (Lipinski definition) is 6. The molecule has 1 saturated heterocycles. The molecule has 1 fully saturated rings. The standard InChI is InChI=1S/C24H23N5O3/c1-15-6-7-19-18(10-15)23(28-27-19)24(30)29-8-9-32-22(14-29)21-13-25-12-20(26-21)16-4-3-5-17(11-16)31-2/h3-7,10-13,22H,8-9,14H2,1-2H3,(H,27,28)/t22-/m1/s1. The minimum absolute atomic E-state index is 0.118. The third-order valence-electron chi connectivity index (χ3n) is 5.62. The lowest BCUT2D eigenvalue weighted by Crippen LogP contribution is -2.42. The molecule has 5 rings (SSSR count). The second kappa shape index (κ2) is 8.39. The van der Waals surface area contributed by atoms with E-state index in [4.69, 9.17) is 14.5 Å². The van der Waals surface area contributed by atoms with Gasteiger partial charge in [-0.05, 0) is 31.2 Å². The molecular weight excluding hydrogens is 406 g/mol. The monoisotopic (exact) mass is 429 g/mol. The number of morpholine rings is 1. The lowest BCUT2D eigenvalue weighted by Gasteiger charge is -2.32. The Hall–Kier alpha value is -3.78. The molecule has 162 valence electrons. The van der Waals surface area contributed by atoms with Crippen LogP contribution in [0.2, 0.25) is 0 Å². The normalized spacial score (nSPS) is 16.3. The van der Waals surface area contributed by atoms with Gasteiger partial charge >= 0.3 is 0 Å². The minimum Gasteiger partial charge on any atom is -0.497 e. The Kier molecular flexibility index (Phi) is 5.28. The highest BCUT2D eigenvalue weighted by Crippen LogP contribution is 2.27. The number of hydrogen-bond donors (Lipinski definition) is 1. The van der Waals surface area contributed by atoms with Gasteiger partial charge in [-0.15, -0.1) is 0 Å². The van der Waals surface area contributed by atoms with Crippen LogP contribution in [0.15, 0.2) is 54.9 Å². The number of aromatic amines is 1. The van der Waals surface area contributed by atoms with Gasteiger partial charge in [0.2, 0.25) is 0 Å². The first-order valence-electron chi connectivity index (χ1n) is 10.4. The number of carbonyl (C=O) groups is 1. The van der Waals surface area contributed by atoms with Crippen LogP contribution < -0.4 is 4.74 Å². The SMILES string of the molecule is COc1cccc(-c2cncc([C@H]3CN(C(=O)c4n[nH]c5ccc(C)cc45)CCO3)n2)c1. The first-order valence-corrected chi connectivity index (χ1v) is 10.4. The number of fused-ring (bicyclic) bond motifs is 1. The molecule has 1 aliphatic heterocycles. The number of amides is 1. The van der Waals surface area contributed by atoms with Gasteiger partial charge in [-0.3, -0.25) is 14.9 Å². The zero-order valence-electron chi connectivity index (χ0n) is 17.9. The van der Waals surface area contributed by atoms with Crippen molar-refractivity contribution in [3.8, 4) is 17.0 Å². The predicted octanol–water partition coefficient (Wildman–Crippen LogP) is 3.55. The highest BCUT2D eigenvalue weighted by Gasteiger charge is 2.29. The average Bonchev–Trinajstić information content (AvgIpc) is 3.27. The van der Waals surface area contributed by atoms with Crippen molar-refractivity contribution in [1.82, 2.24) is 25.1 Å². The second-order valence-electron chi connectivity index (χ2n) is 7.79.